The van der Waals surface area contributed by atoms with E-state index in [0.717, 1.165) is 38.9 Å². The second kappa shape index (κ2) is 22.4. The van der Waals surface area contributed by atoms with E-state index in [1.807, 2.05) is 115 Å². The van der Waals surface area contributed by atoms with Crippen molar-refractivity contribution in [3.8, 4) is 28.7 Å². The highest BCUT2D eigenvalue weighted by molar-refractivity contribution is 7.48. The summed E-state index contributed by atoms with van der Waals surface area (Å²) in [5.41, 5.74) is 3.78. The molecule has 1 aromatic heterocycles. The monoisotopic (exact) mass is 966 g/mol. The lowest BCUT2D eigenvalue weighted by molar-refractivity contribution is -0.0922. The zero-order chi connectivity index (χ0) is 49.4. The maximum atomic E-state index is 14.5. The Balaban J connectivity index is 1.22. The normalized spacial score (nSPS) is 18.1. The Morgan fingerprint density at radius 3 is 1.87 bits per heavy atom. The molecule has 14 nitrogen and oxygen atoms in total. The highest BCUT2D eigenvalue weighted by Crippen LogP contribution is 2.54. The number of H-pyrrole nitrogens is 1. The zero-order valence-electron chi connectivity index (χ0n) is 40.2. The minimum Gasteiger partial charge on any atom is -0.497 e. The fourth-order valence-electron chi connectivity index (χ4n) is 9.82. The molecule has 2 N–H and O–H groups in total. The topological polar surface area (TPSA) is 172 Å². The summed E-state index contributed by atoms with van der Waals surface area (Å²) >= 11 is 0. The average Bonchev–Trinajstić information content (AvgIpc) is 3.87. The summed E-state index contributed by atoms with van der Waals surface area (Å²) in [6.07, 6.45) is -2.63. The number of carbonyl (C=O) groups excluding carboxylic acids is 1. The van der Waals surface area contributed by atoms with Crippen LogP contribution < -0.4 is 26.0 Å². The van der Waals surface area contributed by atoms with Crippen molar-refractivity contribution in [3.05, 3.63) is 188 Å². The number of ether oxygens (including phenoxy) is 5. The van der Waals surface area contributed by atoms with Crippen molar-refractivity contribution < 1.29 is 37.5 Å². The fourth-order valence-corrected chi connectivity index (χ4v) is 11.9. The van der Waals surface area contributed by atoms with Crippen LogP contribution in [0.2, 0.25) is 0 Å². The first-order valence-corrected chi connectivity index (χ1v) is 24.7. The van der Waals surface area contributed by atoms with E-state index in [1.165, 1.54) is 16.8 Å². The van der Waals surface area contributed by atoms with E-state index >= 15 is 0 Å². The molecule has 1 fully saturated rings. The van der Waals surface area contributed by atoms with Crippen molar-refractivity contribution in [1.29, 1.82) is 5.26 Å². The number of methoxy groups -OCH3 is 2. The minimum atomic E-state index is -1.81. The second-order valence-corrected chi connectivity index (χ2v) is 19.6. The molecule has 1 amide bonds. The Hall–Kier alpha value is -6.59. The lowest BCUT2D eigenvalue weighted by Gasteiger charge is -2.38. The first kappa shape index (κ1) is 49.8. The summed E-state index contributed by atoms with van der Waals surface area (Å²) in [5.74, 6) is 1.22. The van der Waals surface area contributed by atoms with Crippen LogP contribution in [-0.4, -0.2) is 73.6 Å². The minimum absolute atomic E-state index is 0.0187. The van der Waals surface area contributed by atoms with Crippen LogP contribution in [0, 0.1) is 23.2 Å². The number of carbonyl (C=O) groups is 1. The summed E-state index contributed by atoms with van der Waals surface area (Å²) in [4.78, 5) is 43.1. The van der Waals surface area contributed by atoms with Crippen LogP contribution in [-0.2, 0) is 28.9 Å². The van der Waals surface area contributed by atoms with Gasteiger partial charge in [-0.25, -0.2) is 9.59 Å². The molecule has 1 saturated heterocycles. The van der Waals surface area contributed by atoms with Crippen LogP contribution >= 0.6 is 8.38 Å². The summed E-state index contributed by atoms with van der Waals surface area (Å²) in [5, 5.41) is 12.7. The van der Waals surface area contributed by atoms with E-state index in [1.54, 1.807) is 14.2 Å². The Kier molecular flexibility index (Phi) is 16.0. The van der Waals surface area contributed by atoms with Crippen LogP contribution in [0.3, 0.4) is 0 Å². The standard InChI is InChI=1S/C55H59N4O10P/c1-35(2)51(36(3)4)70(67-32-14-30-56)69-50-47(34-66-55(37-15-8-7-9-16-37,38-21-25-40(63-5)26-22-38)39-23-27-41(64-6)28-24-39)68-52(59-31-29-48(60)57-53(59)61)49(50)58-54(62)65-33-46-44-19-12-10-17-42(44)43-18-11-13-20-45(43)46/h7-13,15-29,31,35-36,46-47,49-52H,14,32-34H2,1-6H3,(H,58,62)(H,57,60,61)/t47-,49-,50-,52-,70?/m1/s1. The molecule has 8 rings (SSSR count). The SMILES string of the molecule is COc1ccc(C(OC[C@H]2O[C@@H](n3ccc(=O)[nH]c3=O)[C@H](NC(=O)OCC3c4ccccc4-c4ccccc43)[C@@H]2OP(OCCC#N)C(C(C)C)C(C)C)(c2ccccc2)c2ccc(OC)cc2)cc1. The number of amides is 1. The molecule has 1 unspecified atom stereocenters. The molecule has 2 aliphatic rings. The Labute approximate surface area is 409 Å². The molecule has 1 aliphatic carbocycles. The molecule has 364 valence electrons. The van der Waals surface area contributed by atoms with E-state index in [9.17, 15) is 19.6 Å². The van der Waals surface area contributed by atoms with Crippen molar-refractivity contribution >= 4 is 14.5 Å². The zero-order valence-corrected chi connectivity index (χ0v) is 41.0. The van der Waals surface area contributed by atoms with Crippen LogP contribution in [0.15, 0.2) is 149 Å². The first-order valence-electron chi connectivity index (χ1n) is 23.5. The van der Waals surface area contributed by atoms with E-state index in [4.69, 9.17) is 32.7 Å². The van der Waals surface area contributed by atoms with E-state index in [0.29, 0.717) is 11.5 Å². The van der Waals surface area contributed by atoms with Crippen molar-refractivity contribution in [2.24, 2.45) is 11.8 Å². The Morgan fingerprint density at radius 2 is 1.33 bits per heavy atom. The number of hydrogen-bond donors (Lipinski definition) is 2. The molecule has 5 aromatic carbocycles. The predicted octanol–water partition coefficient (Wildman–Crippen LogP) is 9.68. The van der Waals surface area contributed by atoms with Gasteiger partial charge in [0.05, 0.1) is 39.9 Å². The number of nitrogens with zero attached hydrogens (tertiary/aromatic N) is 2. The van der Waals surface area contributed by atoms with Crippen molar-refractivity contribution in [3.63, 3.8) is 0 Å². The lowest BCUT2D eigenvalue weighted by Crippen LogP contribution is -2.50. The van der Waals surface area contributed by atoms with Gasteiger partial charge in [-0.15, -0.1) is 0 Å². The highest BCUT2D eigenvalue weighted by atomic mass is 31.2. The number of aromatic nitrogens is 2. The highest BCUT2D eigenvalue weighted by Gasteiger charge is 2.52. The van der Waals surface area contributed by atoms with Gasteiger partial charge in [-0.2, -0.15) is 5.26 Å². The number of fused-ring (bicyclic) bond motifs is 3. The molecular formula is C55H59N4O10P. The van der Waals surface area contributed by atoms with E-state index in [-0.39, 0.29) is 49.7 Å². The number of alkyl carbamates (subject to hydrolysis) is 1. The smallest absolute Gasteiger partial charge is 0.407 e. The number of nitriles is 1. The quantitative estimate of drug-likeness (QED) is 0.0424. The molecule has 1 aliphatic heterocycles. The summed E-state index contributed by atoms with van der Waals surface area (Å²) in [6.45, 7) is 8.33. The van der Waals surface area contributed by atoms with Gasteiger partial charge in [-0.3, -0.25) is 14.3 Å². The molecule has 2 heterocycles. The van der Waals surface area contributed by atoms with E-state index in [2.05, 4.69) is 56.2 Å². The van der Waals surface area contributed by atoms with Gasteiger partial charge in [0.15, 0.2) is 14.6 Å². The van der Waals surface area contributed by atoms with E-state index < -0.39 is 55.8 Å². The summed E-state index contributed by atoms with van der Waals surface area (Å²) in [7, 11) is 1.40. The van der Waals surface area contributed by atoms with Crippen LogP contribution in [0.5, 0.6) is 11.5 Å². The summed E-state index contributed by atoms with van der Waals surface area (Å²) < 4.78 is 46.6. The van der Waals surface area contributed by atoms with Gasteiger partial charge < -0.3 is 38.0 Å². The van der Waals surface area contributed by atoms with Crippen LogP contribution in [0.25, 0.3) is 11.1 Å². The molecule has 5 atom stereocenters. The summed E-state index contributed by atoms with van der Waals surface area (Å²) in [6, 6.07) is 43.5. The van der Waals surface area contributed by atoms with Crippen molar-refractivity contribution in [2.75, 3.05) is 34.0 Å². The lowest BCUT2D eigenvalue weighted by atomic mass is 9.80. The number of nitrogens with one attached hydrogen (secondary N) is 2. The third-order valence-corrected chi connectivity index (χ3v) is 15.6. The van der Waals surface area contributed by atoms with Gasteiger partial charge in [-0.1, -0.05) is 131 Å². The maximum absolute atomic E-state index is 14.5. The van der Waals surface area contributed by atoms with Crippen molar-refractivity contribution in [2.45, 2.75) is 75.8 Å². The van der Waals surface area contributed by atoms with Gasteiger partial charge in [0, 0.05) is 23.8 Å². The molecule has 0 radical (unpaired) electrons. The predicted molar refractivity (Wildman–Crippen MR) is 267 cm³/mol. The third-order valence-electron chi connectivity index (χ3n) is 13.0. The van der Waals surface area contributed by atoms with Gasteiger partial charge >= 0.3 is 11.8 Å². The molecule has 0 spiro atoms. The van der Waals surface area contributed by atoms with Gasteiger partial charge in [0.1, 0.15) is 42.0 Å². The largest absolute Gasteiger partial charge is 0.497 e. The number of hydrogen-bond acceptors (Lipinski definition) is 11. The third kappa shape index (κ3) is 10.5. The Morgan fingerprint density at radius 1 is 0.771 bits per heavy atom. The first-order chi connectivity index (χ1) is 34.0. The van der Waals surface area contributed by atoms with Crippen LogP contribution in [0.4, 0.5) is 4.79 Å². The molecule has 0 bridgehead atoms. The van der Waals surface area contributed by atoms with Gasteiger partial charge in [0.25, 0.3) is 5.56 Å². The van der Waals surface area contributed by atoms with Crippen LogP contribution in [0.1, 0.15) is 74.1 Å². The fraction of sp³-hybridized carbons (Fsp3) is 0.345. The Bertz CT molecular complexity index is 2760. The maximum Gasteiger partial charge on any atom is 0.407 e. The van der Waals surface area contributed by atoms with Gasteiger partial charge in [-0.05, 0) is 75.0 Å². The average molecular weight is 967 g/mol. The number of rotatable bonds is 20. The number of benzene rings is 5. The van der Waals surface area contributed by atoms with Crippen molar-refractivity contribution in [1.82, 2.24) is 14.9 Å². The number of aromatic amines is 1. The molecule has 15 heteroatoms. The van der Waals surface area contributed by atoms with Gasteiger partial charge in [0.2, 0.25) is 0 Å². The molecule has 70 heavy (non-hydrogen) atoms. The molecular weight excluding hydrogens is 908 g/mol. The molecule has 6 aromatic rings. The second-order valence-electron chi connectivity index (χ2n) is 18.0. The molecule has 0 saturated carbocycles.